The maximum absolute atomic E-state index is 15.0. The van der Waals surface area contributed by atoms with Crippen molar-refractivity contribution in [3.8, 4) is 11.1 Å². The standard InChI is InChI=1S/C28H32FN5O2/c1-18-12-23(29)24(31-27(35)22-17-34(15-19(22)2)28(3,4)5)14-21(18)20-13-25(32-8-10-36-11-9-32)26-30-6-7-33(26)16-20/h6-7,12-17H,8-11H2,1-5H3,(H,31,35). The lowest BCUT2D eigenvalue weighted by Crippen LogP contribution is -2.36. The molecule has 0 atom stereocenters. The number of benzene rings is 1. The molecule has 1 saturated heterocycles. The average Bonchev–Trinajstić information content (AvgIpc) is 3.47. The number of hydrogen-bond acceptors (Lipinski definition) is 4. The van der Waals surface area contributed by atoms with Crippen molar-refractivity contribution in [1.82, 2.24) is 14.0 Å². The van der Waals surface area contributed by atoms with Gasteiger partial charge < -0.3 is 23.9 Å². The van der Waals surface area contributed by atoms with Crippen LogP contribution in [0, 0.1) is 19.7 Å². The number of amides is 1. The minimum absolute atomic E-state index is 0.155. The Morgan fingerprint density at radius 2 is 1.81 bits per heavy atom. The third-order valence-electron chi connectivity index (χ3n) is 6.74. The molecule has 0 radical (unpaired) electrons. The zero-order chi connectivity index (χ0) is 25.6. The van der Waals surface area contributed by atoms with E-state index in [9.17, 15) is 4.79 Å². The first-order valence-electron chi connectivity index (χ1n) is 12.2. The minimum atomic E-state index is -0.463. The second kappa shape index (κ2) is 9.09. The Morgan fingerprint density at radius 1 is 1.06 bits per heavy atom. The molecule has 0 bridgehead atoms. The number of fused-ring (bicyclic) bond motifs is 1. The van der Waals surface area contributed by atoms with Gasteiger partial charge in [0.05, 0.1) is 30.2 Å². The summed E-state index contributed by atoms with van der Waals surface area (Å²) in [5.41, 5.74) is 5.80. The summed E-state index contributed by atoms with van der Waals surface area (Å²) in [6.45, 7) is 12.9. The molecular weight excluding hydrogens is 457 g/mol. The molecule has 1 aliphatic rings. The van der Waals surface area contributed by atoms with Crippen LogP contribution in [0.5, 0.6) is 0 Å². The molecule has 3 aromatic heterocycles. The molecule has 4 aromatic rings. The van der Waals surface area contributed by atoms with E-state index in [2.05, 4.69) is 42.0 Å². The van der Waals surface area contributed by atoms with Gasteiger partial charge in [0.25, 0.3) is 5.91 Å². The van der Waals surface area contributed by atoms with Gasteiger partial charge in [0.1, 0.15) is 5.82 Å². The highest BCUT2D eigenvalue weighted by molar-refractivity contribution is 6.05. The van der Waals surface area contributed by atoms with E-state index in [0.717, 1.165) is 46.7 Å². The number of anilines is 2. The summed E-state index contributed by atoms with van der Waals surface area (Å²) in [6, 6.07) is 5.29. The van der Waals surface area contributed by atoms with Crippen LogP contribution >= 0.6 is 0 Å². The van der Waals surface area contributed by atoms with Crippen LogP contribution in [-0.4, -0.2) is 46.2 Å². The lowest BCUT2D eigenvalue weighted by Gasteiger charge is -2.29. The Bertz CT molecular complexity index is 1440. The van der Waals surface area contributed by atoms with Crippen molar-refractivity contribution in [2.24, 2.45) is 0 Å². The monoisotopic (exact) mass is 489 g/mol. The molecule has 1 fully saturated rings. The molecule has 8 heteroatoms. The van der Waals surface area contributed by atoms with E-state index < -0.39 is 5.82 Å². The zero-order valence-corrected chi connectivity index (χ0v) is 21.4. The lowest BCUT2D eigenvalue weighted by molar-refractivity contribution is 0.102. The van der Waals surface area contributed by atoms with Gasteiger partial charge in [0.2, 0.25) is 0 Å². The van der Waals surface area contributed by atoms with Crippen LogP contribution in [0.4, 0.5) is 15.8 Å². The highest BCUT2D eigenvalue weighted by atomic mass is 19.1. The van der Waals surface area contributed by atoms with Crippen LogP contribution in [0.2, 0.25) is 0 Å². The van der Waals surface area contributed by atoms with Gasteiger partial charge in [-0.15, -0.1) is 0 Å². The van der Waals surface area contributed by atoms with Gasteiger partial charge in [0, 0.05) is 55.2 Å². The van der Waals surface area contributed by atoms with Crippen molar-refractivity contribution in [3.05, 3.63) is 71.7 Å². The summed E-state index contributed by atoms with van der Waals surface area (Å²) in [5, 5.41) is 2.81. The molecule has 1 N–H and O–H groups in total. The fourth-order valence-electron chi connectivity index (χ4n) is 4.65. The first-order valence-corrected chi connectivity index (χ1v) is 12.2. The molecule has 0 spiro atoms. The van der Waals surface area contributed by atoms with Crippen LogP contribution in [0.1, 0.15) is 42.3 Å². The first-order chi connectivity index (χ1) is 17.1. The largest absolute Gasteiger partial charge is 0.378 e. The minimum Gasteiger partial charge on any atom is -0.378 e. The number of rotatable bonds is 4. The van der Waals surface area contributed by atoms with Crippen LogP contribution in [0.3, 0.4) is 0 Å². The number of aryl methyl sites for hydroxylation is 2. The third-order valence-corrected chi connectivity index (χ3v) is 6.74. The van der Waals surface area contributed by atoms with Gasteiger partial charge in [-0.25, -0.2) is 9.37 Å². The number of morpholine rings is 1. The van der Waals surface area contributed by atoms with E-state index in [1.807, 2.05) is 47.6 Å². The number of nitrogens with zero attached hydrogens (tertiary/aromatic N) is 4. The number of pyridine rings is 1. The van der Waals surface area contributed by atoms with Gasteiger partial charge in [-0.2, -0.15) is 0 Å². The Hall–Kier alpha value is -3.65. The Morgan fingerprint density at radius 3 is 2.50 bits per heavy atom. The molecule has 0 aliphatic carbocycles. The molecular formula is C28H32FN5O2. The summed E-state index contributed by atoms with van der Waals surface area (Å²) >= 11 is 0. The fourth-order valence-corrected chi connectivity index (χ4v) is 4.65. The normalized spacial score (nSPS) is 14.4. The fraction of sp³-hybridized carbons (Fsp3) is 0.357. The van der Waals surface area contributed by atoms with Gasteiger partial charge in [-0.3, -0.25) is 4.79 Å². The SMILES string of the molecule is Cc1cn(C(C)(C)C)cc1C(=O)Nc1cc(-c2cc(N3CCOCC3)c3nccn3c2)c(C)cc1F. The van der Waals surface area contributed by atoms with E-state index in [-0.39, 0.29) is 17.1 Å². The number of carbonyl (C=O) groups excluding carboxylic acids is 1. The summed E-state index contributed by atoms with van der Waals surface area (Å²) < 4.78 is 24.5. The molecule has 1 amide bonds. The van der Waals surface area contributed by atoms with E-state index in [4.69, 9.17) is 4.74 Å². The molecule has 0 unspecified atom stereocenters. The molecule has 1 aromatic carbocycles. The number of halogens is 1. The van der Waals surface area contributed by atoms with Crippen LogP contribution in [0.25, 0.3) is 16.8 Å². The molecule has 36 heavy (non-hydrogen) atoms. The molecule has 4 heterocycles. The first kappa shape index (κ1) is 24.1. The predicted molar refractivity (Wildman–Crippen MR) is 140 cm³/mol. The van der Waals surface area contributed by atoms with Gasteiger partial charge in [0.15, 0.2) is 5.65 Å². The zero-order valence-electron chi connectivity index (χ0n) is 21.4. The second-order valence-corrected chi connectivity index (χ2v) is 10.4. The van der Waals surface area contributed by atoms with Crippen LogP contribution < -0.4 is 10.2 Å². The summed E-state index contributed by atoms with van der Waals surface area (Å²) in [5.74, 6) is -0.794. The summed E-state index contributed by atoms with van der Waals surface area (Å²) in [6.07, 6.45) is 9.44. The number of nitrogens with one attached hydrogen (secondary N) is 1. The van der Waals surface area contributed by atoms with Crippen molar-refractivity contribution >= 4 is 22.9 Å². The topological polar surface area (TPSA) is 63.8 Å². The maximum Gasteiger partial charge on any atom is 0.257 e. The highest BCUT2D eigenvalue weighted by Gasteiger charge is 2.21. The summed E-state index contributed by atoms with van der Waals surface area (Å²) in [7, 11) is 0. The van der Waals surface area contributed by atoms with E-state index >= 15 is 4.39 Å². The number of hydrogen-bond donors (Lipinski definition) is 1. The molecule has 188 valence electrons. The lowest BCUT2D eigenvalue weighted by atomic mass is 10.00. The molecule has 1 aliphatic heterocycles. The summed E-state index contributed by atoms with van der Waals surface area (Å²) in [4.78, 5) is 19.9. The van der Waals surface area contributed by atoms with E-state index in [0.29, 0.717) is 18.8 Å². The smallest absolute Gasteiger partial charge is 0.257 e. The van der Waals surface area contributed by atoms with Crippen molar-refractivity contribution in [3.63, 3.8) is 0 Å². The molecule has 0 saturated carbocycles. The van der Waals surface area contributed by atoms with Gasteiger partial charge >= 0.3 is 0 Å². The highest BCUT2D eigenvalue weighted by Crippen LogP contribution is 2.33. The van der Waals surface area contributed by atoms with Crippen molar-refractivity contribution < 1.29 is 13.9 Å². The maximum atomic E-state index is 15.0. The van der Waals surface area contributed by atoms with Crippen LogP contribution in [-0.2, 0) is 10.3 Å². The Kier molecular flexibility index (Phi) is 6.08. The van der Waals surface area contributed by atoms with Crippen LogP contribution in [0.15, 0.2) is 49.2 Å². The number of ether oxygens (including phenoxy) is 1. The second-order valence-electron chi connectivity index (χ2n) is 10.4. The van der Waals surface area contributed by atoms with Crippen molar-refractivity contribution in [2.45, 2.75) is 40.2 Å². The predicted octanol–water partition coefficient (Wildman–Crippen LogP) is 5.40. The van der Waals surface area contributed by atoms with Gasteiger partial charge in [-0.05, 0) is 69.5 Å². The number of carbonyl (C=O) groups is 1. The Balaban J connectivity index is 1.52. The van der Waals surface area contributed by atoms with Crippen molar-refractivity contribution in [1.29, 1.82) is 0 Å². The van der Waals surface area contributed by atoms with Crippen molar-refractivity contribution in [2.75, 3.05) is 36.5 Å². The van der Waals surface area contributed by atoms with Gasteiger partial charge in [-0.1, -0.05) is 0 Å². The van der Waals surface area contributed by atoms with E-state index in [1.165, 1.54) is 6.07 Å². The Labute approximate surface area is 210 Å². The number of aromatic nitrogens is 3. The quantitative estimate of drug-likeness (QED) is 0.417. The van der Waals surface area contributed by atoms with E-state index in [1.54, 1.807) is 12.3 Å². The molecule has 5 rings (SSSR count). The number of imidazole rings is 1. The molecule has 7 nitrogen and oxygen atoms in total. The third kappa shape index (κ3) is 4.48. The average molecular weight is 490 g/mol.